The van der Waals surface area contributed by atoms with Crippen LogP contribution < -0.4 is 10.2 Å². The van der Waals surface area contributed by atoms with Crippen LogP contribution in [0.3, 0.4) is 0 Å². The summed E-state index contributed by atoms with van der Waals surface area (Å²) in [5.74, 6) is -0.221. The van der Waals surface area contributed by atoms with Crippen LogP contribution in [0.5, 0.6) is 0 Å². The number of nitrogens with one attached hydrogen (secondary N) is 1. The van der Waals surface area contributed by atoms with Gasteiger partial charge < -0.3 is 28.8 Å². The van der Waals surface area contributed by atoms with Gasteiger partial charge in [-0.25, -0.2) is 0 Å². The first-order valence-electron chi connectivity index (χ1n) is 21.9. The number of allylic oxidation sites excluding steroid dienone is 13. The maximum absolute atomic E-state index is 12.8. The molecule has 0 heterocycles. The van der Waals surface area contributed by atoms with Crippen LogP contribution in [0.4, 0.5) is 0 Å². The van der Waals surface area contributed by atoms with Crippen molar-refractivity contribution in [2.45, 2.75) is 167 Å². The predicted molar refractivity (Wildman–Crippen MR) is 237 cm³/mol. The van der Waals surface area contributed by atoms with Crippen molar-refractivity contribution in [1.29, 1.82) is 0 Å². The van der Waals surface area contributed by atoms with Gasteiger partial charge in [0.2, 0.25) is 5.91 Å². The number of amides is 1. The molecule has 0 aliphatic carbocycles. The monoisotopic (exact) mass is 803 g/mol. The summed E-state index contributed by atoms with van der Waals surface area (Å²) in [6, 6.07) is -0.906. The van der Waals surface area contributed by atoms with Gasteiger partial charge in [-0.15, -0.1) is 0 Å². The van der Waals surface area contributed by atoms with Gasteiger partial charge in [0.1, 0.15) is 13.2 Å². The molecule has 0 rings (SSSR count). The lowest BCUT2D eigenvalue weighted by Gasteiger charge is -2.29. The first-order chi connectivity index (χ1) is 27.0. The van der Waals surface area contributed by atoms with Crippen LogP contribution in [0.1, 0.15) is 155 Å². The zero-order valence-corrected chi connectivity index (χ0v) is 37.2. The lowest BCUT2D eigenvalue weighted by atomic mass is 10.0. The van der Waals surface area contributed by atoms with Gasteiger partial charge in [-0.2, -0.15) is 0 Å². The number of likely N-dealkylation sites (N-methyl/N-ethyl adjacent to an activating group) is 1. The molecular weight excluding hydrogens is 719 g/mol. The summed E-state index contributed by atoms with van der Waals surface area (Å²) < 4.78 is 23.0. The molecule has 0 aromatic rings. The molecule has 322 valence electrons. The van der Waals surface area contributed by atoms with Crippen LogP contribution in [-0.4, -0.2) is 68.5 Å². The second-order valence-corrected chi connectivity index (χ2v) is 17.1. The SMILES string of the molecule is CC/C=C\C/C=C\C/C=C\C/C=C\C/C=C\CCCCCCCCCCCCCC(=O)NC(COP(=O)([O-])OCC[N+](C)(C)C)C(O)/C=C/CC/C=C/CCC. The van der Waals surface area contributed by atoms with Crippen LogP contribution in [-0.2, 0) is 18.4 Å². The van der Waals surface area contributed by atoms with Crippen LogP contribution in [0.15, 0.2) is 85.1 Å². The lowest BCUT2D eigenvalue weighted by molar-refractivity contribution is -0.870. The molecule has 0 aromatic heterocycles. The smallest absolute Gasteiger partial charge is 0.268 e. The van der Waals surface area contributed by atoms with E-state index in [1.165, 1.54) is 57.8 Å². The highest BCUT2D eigenvalue weighted by Crippen LogP contribution is 2.38. The molecule has 0 bridgehead atoms. The fourth-order valence-corrected chi connectivity index (χ4v) is 6.33. The van der Waals surface area contributed by atoms with E-state index >= 15 is 0 Å². The molecule has 0 aliphatic rings. The van der Waals surface area contributed by atoms with Crippen molar-refractivity contribution in [3.05, 3.63) is 85.1 Å². The van der Waals surface area contributed by atoms with Crippen molar-refractivity contribution >= 4 is 13.7 Å². The van der Waals surface area contributed by atoms with Gasteiger partial charge >= 0.3 is 0 Å². The third-order valence-electron chi connectivity index (χ3n) is 9.07. The molecule has 0 fully saturated rings. The van der Waals surface area contributed by atoms with Crippen LogP contribution >= 0.6 is 7.82 Å². The second kappa shape index (κ2) is 38.2. The fraction of sp³-hybridized carbons (Fsp3) is 0.681. The number of aliphatic hydroxyl groups is 1. The standard InChI is InChI=1S/C47H83N2O6P/c1-6-8-10-12-14-15-16-17-18-19-20-21-22-23-24-25-26-27-28-29-30-31-32-33-35-37-39-41-47(51)48-45(46(50)40-38-36-34-13-11-9-7-2)44-55-56(52,53)54-43-42-49(3,4)5/h8,10-11,13-15,17-18,20-21,23-24,38,40,45-46,50H,6-7,9,12,16,19,22,25-37,39,41-44H2,1-5H3,(H-,48,51,52,53)/b10-8-,13-11+,15-14-,18-17-,21-20-,24-23-,40-38+. The third-order valence-corrected chi connectivity index (χ3v) is 10.0. The minimum absolute atomic E-state index is 0.0116. The Morgan fingerprint density at radius 2 is 1.11 bits per heavy atom. The number of phosphoric acid groups is 1. The Balaban J connectivity index is 4.14. The molecule has 9 heteroatoms. The highest BCUT2D eigenvalue weighted by Gasteiger charge is 2.23. The van der Waals surface area contributed by atoms with E-state index in [0.29, 0.717) is 17.4 Å². The number of carbonyl (C=O) groups is 1. The van der Waals surface area contributed by atoms with Crippen molar-refractivity contribution in [3.8, 4) is 0 Å². The highest BCUT2D eigenvalue weighted by atomic mass is 31.2. The van der Waals surface area contributed by atoms with Crippen molar-refractivity contribution < 1.29 is 32.9 Å². The van der Waals surface area contributed by atoms with Crippen molar-refractivity contribution in [2.75, 3.05) is 40.9 Å². The number of aliphatic hydroxyl groups excluding tert-OH is 1. The van der Waals surface area contributed by atoms with Crippen molar-refractivity contribution in [3.63, 3.8) is 0 Å². The van der Waals surface area contributed by atoms with Gasteiger partial charge in [0, 0.05) is 6.42 Å². The number of rotatable bonds is 38. The van der Waals surface area contributed by atoms with E-state index in [9.17, 15) is 19.4 Å². The van der Waals surface area contributed by atoms with E-state index in [-0.39, 0.29) is 12.5 Å². The number of phosphoric ester groups is 1. The molecule has 0 radical (unpaired) electrons. The van der Waals surface area contributed by atoms with Crippen molar-refractivity contribution in [2.24, 2.45) is 0 Å². The van der Waals surface area contributed by atoms with Gasteiger partial charge in [0.25, 0.3) is 7.82 Å². The second-order valence-electron chi connectivity index (χ2n) is 15.7. The maximum atomic E-state index is 12.8. The Morgan fingerprint density at radius 1 is 0.643 bits per heavy atom. The van der Waals surface area contributed by atoms with Gasteiger partial charge in [0.05, 0.1) is 39.9 Å². The minimum Gasteiger partial charge on any atom is -0.756 e. The summed E-state index contributed by atoms with van der Waals surface area (Å²) in [4.78, 5) is 25.1. The topological polar surface area (TPSA) is 108 Å². The molecule has 0 spiro atoms. The third kappa shape index (κ3) is 39.9. The van der Waals surface area contributed by atoms with E-state index in [1.54, 1.807) is 6.08 Å². The summed E-state index contributed by atoms with van der Waals surface area (Å²) >= 11 is 0. The number of quaternary nitrogens is 1. The Bertz CT molecular complexity index is 1180. The highest BCUT2D eigenvalue weighted by molar-refractivity contribution is 7.45. The number of carbonyl (C=O) groups excluding carboxylic acids is 1. The molecule has 8 nitrogen and oxygen atoms in total. The summed E-state index contributed by atoms with van der Waals surface area (Å²) in [5, 5.41) is 13.6. The molecule has 56 heavy (non-hydrogen) atoms. The molecule has 0 aliphatic heterocycles. The zero-order valence-electron chi connectivity index (χ0n) is 36.3. The number of nitrogens with zero attached hydrogens (tertiary/aromatic N) is 1. The first kappa shape index (κ1) is 53.7. The summed E-state index contributed by atoms with van der Waals surface area (Å²) in [6.07, 6.45) is 52.4. The quantitative estimate of drug-likeness (QED) is 0.0279. The van der Waals surface area contributed by atoms with Gasteiger partial charge in [-0.3, -0.25) is 9.36 Å². The van der Waals surface area contributed by atoms with Gasteiger partial charge in [0.15, 0.2) is 0 Å². The number of unbranched alkanes of at least 4 members (excludes halogenated alkanes) is 13. The number of hydrogen-bond acceptors (Lipinski definition) is 6. The Kier molecular flexibility index (Phi) is 36.6. The predicted octanol–water partition coefficient (Wildman–Crippen LogP) is 11.6. The largest absolute Gasteiger partial charge is 0.756 e. The molecule has 0 saturated heterocycles. The minimum atomic E-state index is -4.59. The molecule has 0 saturated carbocycles. The fourth-order valence-electron chi connectivity index (χ4n) is 5.61. The first-order valence-corrected chi connectivity index (χ1v) is 23.4. The average molecular weight is 803 g/mol. The van der Waals surface area contributed by atoms with Crippen LogP contribution in [0.25, 0.3) is 0 Å². The van der Waals surface area contributed by atoms with Crippen LogP contribution in [0.2, 0.25) is 0 Å². The summed E-state index contributed by atoms with van der Waals surface area (Å²) in [7, 11) is 1.22. The summed E-state index contributed by atoms with van der Waals surface area (Å²) in [6.45, 7) is 4.37. The molecular formula is C47H83N2O6P. The van der Waals surface area contributed by atoms with Gasteiger partial charge in [-0.1, -0.05) is 163 Å². The van der Waals surface area contributed by atoms with E-state index in [0.717, 1.165) is 77.0 Å². The van der Waals surface area contributed by atoms with E-state index in [2.05, 4.69) is 92.1 Å². The molecule has 3 unspecified atom stereocenters. The normalized spacial score (nSPS) is 15.2. The molecule has 1 amide bonds. The van der Waals surface area contributed by atoms with Gasteiger partial charge in [-0.05, 0) is 70.6 Å². The van der Waals surface area contributed by atoms with E-state index < -0.39 is 26.6 Å². The van der Waals surface area contributed by atoms with Crippen molar-refractivity contribution in [1.82, 2.24) is 5.32 Å². The Hall–Kier alpha value is -2.32. The number of hydrogen-bond donors (Lipinski definition) is 2. The molecule has 0 aromatic carbocycles. The summed E-state index contributed by atoms with van der Waals surface area (Å²) in [5.41, 5.74) is 0. The van der Waals surface area contributed by atoms with E-state index in [1.807, 2.05) is 27.2 Å². The molecule has 3 atom stereocenters. The molecule has 2 N–H and O–H groups in total. The Labute approximate surface area is 344 Å². The lowest BCUT2D eigenvalue weighted by Crippen LogP contribution is -2.45. The Morgan fingerprint density at radius 3 is 1.64 bits per heavy atom. The van der Waals surface area contributed by atoms with E-state index in [4.69, 9.17) is 9.05 Å². The van der Waals surface area contributed by atoms with Crippen LogP contribution in [0, 0.1) is 0 Å². The maximum Gasteiger partial charge on any atom is 0.268 e. The average Bonchev–Trinajstić information content (AvgIpc) is 3.15. The zero-order chi connectivity index (χ0) is 41.4.